The summed E-state index contributed by atoms with van der Waals surface area (Å²) in [6.07, 6.45) is 0.708. The van der Waals surface area contributed by atoms with Gasteiger partial charge in [-0.25, -0.2) is 12.8 Å². The second kappa shape index (κ2) is 12.9. The number of carbonyl (C=O) groups excluding carboxylic acids is 2. The number of hydrogen-bond acceptors (Lipinski definition) is 4. The van der Waals surface area contributed by atoms with E-state index in [0.29, 0.717) is 23.2 Å². The SMILES string of the molecule is CC[C@@H](C)NC(=O)[C@@H](C)N(Cc1ccc(F)cc1)C(=O)CN(c1ccc(C)cc1C)S(=O)(=O)c1ccccc1. The van der Waals surface area contributed by atoms with Gasteiger partial charge in [-0.2, -0.15) is 0 Å². The Kier molecular flexibility index (Phi) is 9.86. The summed E-state index contributed by atoms with van der Waals surface area (Å²) < 4.78 is 42.3. The predicted octanol–water partition coefficient (Wildman–Crippen LogP) is 4.97. The third-order valence-corrected chi connectivity index (χ3v) is 8.44. The number of rotatable bonds is 11. The molecule has 0 aromatic heterocycles. The van der Waals surface area contributed by atoms with E-state index in [1.807, 2.05) is 26.8 Å². The zero-order chi connectivity index (χ0) is 28.7. The number of sulfonamides is 1. The Morgan fingerprint density at radius 3 is 2.18 bits per heavy atom. The molecule has 2 atom stereocenters. The van der Waals surface area contributed by atoms with Crippen LogP contribution >= 0.6 is 0 Å². The van der Waals surface area contributed by atoms with Gasteiger partial charge in [-0.05, 0) is 75.6 Å². The van der Waals surface area contributed by atoms with Gasteiger partial charge in [0.05, 0.1) is 10.6 Å². The monoisotopic (exact) mass is 553 g/mol. The maximum absolute atomic E-state index is 13.9. The minimum atomic E-state index is -4.13. The molecule has 0 aliphatic rings. The molecule has 9 heteroatoms. The molecule has 0 radical (unpaired) electrons. The van der Waals surface area contributed by atoms with Crippen molar-refractivity contribution in [1.82, 2.24) is 10.2 Å². The molecule has 39 heavy (non-hydrogen) atoms. The van der Waals surface area contributed by atoms with Crippen LogP contribution < -0.4 is 9.62 Å². The number of benzene rings is 3. The molecule has 0 aliphatic carbocycles. The molecule has 208 valence electrons. The molecule has 0 fully saturated rings. The van der Waals surface area contributed by atoms with Gasteiger partial charge in [0, 0.05) is 12.6 Å². The summed E-state index contributed by atoms with van der Waals surface area (Å²) in [6.45, 7) is 8.58. The highest BCUT2D eigenvalue weighted by Crippen LogP contribution is 2.28. The van der Waals surface area contributed by atoms with E-state index < -0.39 is 34.3 Å². The average Bonchev–Trinajstić information content (AvgIpc) is 2.91. The van der Waals surface area contributed by atoms with E-state index in [1.54, 1.807) is 44.2 Å². The van der Waals surface area contributed by atoms with Gasteiger partial charge < -0.3 is 10.2 Å². The molecule has 3 aromatic carbocycles. The van der Waals surface area contributed by atoms with Gasteiger partial charge in [0.25, 0.3) is 10.0 Å². The Labute approximate surface area is 230 Å². The van der Waals surface area contributed by atoms with E-state index in [4.69, 9.17) is 0 Å². The van der Waals surface area contributed by atoms with Gasteiger partial charge in [-0.1, -0.05) is 55.0 Å². The van der Waals surface area contributed by atoms with Crippen molar-refractivity contribution in [1.29, 1.82) is 0 Å². The molecule has 7 nitrogen and oxygen atoms in total. The summed E-state index contributed by atoms with van der Waals surface area (Å²) in [5, 5.41) is 2.89. The first-order chi connectivity index (χ1) is 18.4. The molecule has 0 saturated heterocycles. The number of nitrogens with zero attached hydrogens (tertiary/aromatic N) is 2. The maximum atomic E-state index is 13.9. The van der Waals surface area contributed by atoms with Crippen LogP contribution in [0.5, 0.6) is 0 Å². The van der Waals surface area contributed by atoms with Gasteiger partial charge in [0.1, 0.15) is 18.4 Å². The third-order valence-electron chi connectivity index (χ3n) is 6.67. The summed E-state index contributed by atoms with van der Waals surface area (Å²) in [6, 6.07) is 17.9. The zero-order valence-electron chi connectivity index (χ0n) is 23.0. The molecule has 0 spiro atoms. The Morgan fingerprint density at radius 1 is 0.949 bits per heavy atom. The smallest absolute Gasteiger partial charge is 0.264 e. The number of carbonyl (C=O) groups is 2. The Bertz CT molecular complexity index is 1400. The number of hydrogen-bond donors (Lipinski definition) is 1. The maximum Gasteiger partial charge on any atom is 0.264 e. The Morgan fingerprint density at radius 2 is 1.59 bits per heavy atom. The van der Waals surface area contributed by atoms with Crippen molar-refractivity contribution in [3.05, 3.63) is 95.3 Å². The van der Waals surface area contributed by atoms with Gasteiger partial charge in [0.2, 0.25) is 11.8 Å². The lowest BCUT2D eigenvalue weighted by atomic mass is 10.1. The van der Waals surface area contributed by atoms with E-state index in [2.05, 4.69) is 5.32 Å². The van der Waals surface area contributed by atoms with Crippen LogP contribution in [0.2, 0.25) is 0 Å². The van der Waals surface area contributed by atoms with E-state index in [1.165, 1.54) is 41.3 Å². The van der Waals surface area contributed by atoms with Crippen molar-refractivity contribution in [2.75, 3.05) is 10.8 Å². The normalized spacial score (nSPS) is 12.9. The van der Waals surface area contributed by atoms with Crippen molar-refractivity contribution in [2.45, 2.75) is 64.6 Å². The van der Waals surface area contributed by atoms with Crippen LogP contribution in [-0.4, -0.2) is 43.8 Å². The minimum absolute atomic E-state index is 0.000308. The predicted molar refractivity (Wildman–Crippen MR) is 151 cm³/mol. The quantitative estimate of drug-likeness (QED) is 0.363. The molecule has 3 rings (SSSR count). The van der Waals surface area contributed by atoms with Crippen molar-refractivity contribution >= 4 is 27.5 Å². The van der Waals surface area contributed by atoms with Crippen molar-refractivity contribution in [3.63, 3.8) is 0 Å². The number of anilines is 1. The summed E-state index contributed by atoms with van der Waals surface area (Å²) >= 11 is 0. The Balaban J connectivity index is 2.04. The van der Waals surface area contributed by atoms with E-state index >= 15 is 0 Å². The molecule has 0 saturated carbocycles. The topological polar surface area (TPSA) is 86.8 Å². The summed E-state index contributed by atoms with van der Waals surface area (Å²) in [7, 11) is -4.13. The standard InChI is InChI=1S/C30H36FN3O4S/c1-6-23(4)32-30(36)24(5)33(19-25-13-15-26(31)16-14-25)29(35)20-34(28-17-12-21(2)18-22(28)3)39(37,38)27-10-8-7-9-11-27/h7-18,23-24H,6,19-20H2,1-5H3,(H,32,36)/t23-,24-/m1/s1. The molecule has 2 amide bonds. The van der Waals surface area contributed by atoms with Crippen molar-refractivity contribution in [2.24, 2.45) is 0 Å². The van der Waals surface area contributed by atoms with Crippen LogP contribution in [-0.2, 0) is 26.2 Å². The summed E-state index contributed by atoms with van der Waals surface area (Å²) in [4.78, 5) is 28.4. The molecule has 3 aromatic rings. The van der Waals surface area contributed by atoms with Crippen LogP contribution in [0.25, 0.3) is 0 Å². The van der Waals surface area contributed by atoms with Crippen LogP contribution in [0.4, 0.5) is 10.1 Å². The first kappa shape index (κ1) is 29.8. The van der Waals surface area contributed by atoms with Crippen LogP contribution in [0, 0.1) is 19.7 Å². The van der Waals surface area contributed by atoms with Gasteiger partial charge in [-0.3, -0.25) is 13.9 Å². The second-order valence-electron chi connectivity index (χ2n) is 9.76. The second-order valence-corrected chi connectivity index (χ2v) is 11.6. The number of aryl methyl sites for hydroxylation is 2. The van der Waals surface area contributed by atoms with Crippen LogP contribution in [0.1, 0.15) is 43.9 Å². The lowest BCUT2D eigenvalue weighted by molar-refractivity contribution is -0.139. The fraction of sp³-hybridized carbons (Fsp3) is 0.333. The third kappa shape index (κ3) is 7.44. The minimum Gasteiger partial charge on any atom is -0.352 e. The molecular formula is C30H36FN3O4S. The first-order valence-corrected chi connectivity index (χ1v) is 14.4. The molecule has 0 bridgehead atoms. The molecular weight excluding hydrogens is 517 g/mol. The van der Waals surface area contributed by atoms with Crippen molar-refractivity contribution in [3.8, 4) is 0 Å². The largest absolute Gasteiger partial charge is 0.352 e. The van der Waals surface area contributed by atoms with Crippen LogP contribution in [0.15, 0.2) is 77.7 Å². The average molecular weight is 554 g/mol. The molecule has 0 heterocycles. The van der Waals surface area contributed by atoms with E-state index in [-0.39, 0.29) is 23.4 Å². The molecule has 0 unspecified atom stereocenters. The fourth-order valence-electron chi connectivity index (χ4n) is 4.15. The van der Waals surface area contributed by atoms with Crippen molar-refractivity contribution < 1.29 is 22.4 Å². The van der Waals surface area contributed by atoms with Gasteiger partial charge in [-0.15, -0.1) is 0 Å². The fourth-order valence-corrected chi connectivity index (χ4v) is 5.65. The highest BCUT2D eigenvalue weighted by atomic mass is 32.2. The zero-order valence-corrected chi connectivity index (χ0v) is 23.8. The van der Waals surface area contributed by atoms with Gasteiger partial charge in [0.15, 0.2) is 0 Å². The molecule has 0 aliphatic heterocycles. The summed E-state index contributed by atoms with van der Waals surface area (Å²) in [5.41, 5.74) is 2.62. The highest BCUT2D eigenvalue weighted by molar-refractivity contribution is 7.92. The lowest BCUT2D eigenvalue weighted by Crippen LogP contribution is -2.52. The number of halogens is 1. The summed E-state index contributed by atoms with van der Waals surface area (Å²) in [5.74, 6) is -1.34. The number of nitrogens with one attached hydrogen (secondary N) is 1. The number of amides is 2. The van der Waals surface area contributed by atoms with Gasteiger partial charge >= 0.3 is 0 Å². The molecule has 1 N–H and O–H groups in total. The van der Waals surface area contributed by atoms with E-state index in [9.17, 15) is 22.4 Å². The van der Waals surface area contributed by atoms with E-state index in [0.717, 1.165) is 9.87 Å². The first-order valence-electron chi connectivity index (χ1n) is 12.9. The lowest BCUT2D eigenvalue weighted by Gasteiger charge is -2.33. The van der Waals surface area contributed by atoms with Crippen LogP contribution in [0.3, 0.4) is 0 Å². The highest BCUT2D eigenvalue weighted by Gasteiger charge is 2.33. The Hall–Kier alpha value is -3.72.